The molecule has 0 unspecified atom stereocenters. The molecule has 0 spiro atoms. The number of aromatic nitrogens is 1. The van der Waals surface area contributed by atoms with E-state index in [2.05, 4.69) is 55.3 Å². The van der Waals surface area contributed by atoms with Gasteiger partial charge in [0.15, 0.2) is 5.13 Å². The van der Waals surface area contributed by atoms with Crippen LogP contribution in [0, 0.1) is 0 Å². The van der Waals surface area contributed by atoms with Crippen molar-refractivity contribution in [1.29, 1.82) is 0 Å². The van der Waals surface area contributed by atoms with Gasteiger partial charge >= 0.3 is 0 Å². The highest BCUT2D eigenvalue weighted by Gasteiger charge is 2.14. The summed E-state index contributed by atoms with van der Waals surface area (Å²) in [5.41, 5.74) is 4.25. The van der Waals surface area contributed by atoms with E-state index >= 15 is 0 Å². The standard InChI is InChI=1S/C21H21ClN2OS/c1-21(2,3)16-8-6-15(7-9-16)18-13-26-20(23-18)24-19(25)12-14-4-10-17(22)11-5-14/h4-11,13H,12H2,1-3H3,(H,23,24,25). The molecular formula is C21H21ClN2OS. The SMILES string of the molecule is CC(C)(C)c1ccc(-c2csc(NC(=O)Cc3ccc(Cl)cc3)n2)cc1. The second-order valence-electron chi connectivity index (χ2n) is 7.22. The van der Waals surface area contributed by atoms with E-state index in [4.69, 9.17) is 11.6 Å². The number of carbonyl (C=O) groups is 1. The van der Waals surface area contributed by atoms with Crippen molar-refractivity contribution in [2.24, 2.45) is 0 Å². The van der Waals surface area contributed by atoms with Gasteiger partial charge in [0.2, 0.25) is 5.91 Å². The first kappa shape index (κ1) is 18.6. The summed E-state index contributed by atoms with van der Waals surface area (Å²) in [5.74, 6) is -0.0868. The Morgan fingerprint density at radius 2 is 1.73 bits per heavy atom. The van der Waals surface area contributed by atoms with E-state index in [1.165, 1.54) is 16.9 Å². The van der Waals surface area contributed by atoms with Crippen LogP contribution in [0.3, 0.4) is 0 Å². The van der Waals surface area contributed by atoms with Gasteiger partial charge in [-0.2, -0.15) is 0 Å². The van der Waals surface area contributed by atoms with Crippen molar-refractivity contribution >= 4 is 34.0 Å². The monoisotopic (exact) mass is 384 g/mol. The maximum atomic E-state index is 12.2. The molecule has 2 aromatic carbocycles. The minimum absolute atomic E-state index is 0.0868. The van der Waals surface area contributed by atoms with Crippen LogP contribution >= 0.6 is 22.9 Å². The third-order valence-electron chi connectivity index (χ3n) is 4.08. The van der Waals surface area contributed by atoms with Crippen molar-refractivity contribution in [2.45, 2.75) is 32.6 Å². The number of amides is 1. The number of nitrogens with one attached hydrogen (secondary N) is 1. The van der Waals surface area contributed by atoms with Gasteiger partial charge in [-0.1, -0.05) is 68.8 Å². The van der Waals surface area contributed by atoms with E-state index in [0.717, 1.165) is 16.8 Å². The molecule has 0 saturated carbocycles. The number of anilines is 1. The molecule has 0 aliphatic carbocycles. The van der Waals surface area contributed by atoms with E-state index in [1.807, 2.05) is 17.5 Å². The lowest BCUT2D eigenvalue weighted by atomic mass is 9.86. The van der Waals surface area contributed by atoms with Crippen LogP contribution in [0.5, 0.6) is 0 Å². The summed E-state index contributed by atoms with van der Waals surface area (Å²) in [7, 11) is 0. The van der Waals surface area contributed by atoms with Crippen LogP contribution in [0.2, 0.25) is 5.02 Å². The van der Waals surface area contributed by atoms with Crippen LogP contribution in [0.4, 0.5) is 5.13 Å². The highest BCUT2D eigenvalue weighted by Crippen LogP contribution is 2.28. The molecule has 1 amide bonds. The zero-order chi connectivity index (χ0) is 18.7. The van der Waals surface area contributed by atoms with Gasteiger partial charge in [0.1, 0.15) is 0 Å². The fourth-order valence-corrected chi connectivity index (χ4v) is 3.42. The lowest BCUT2D eigenvalue weighted by Gasteiger charge is -2.18. The Morgan fingerprint density at radius 3 is 2.35 bits per heavy atom. The van der Waals surface area contributed by atoms with Crippen molar-refractivity contribution in [3.8, 4) is 11.3 Å². The first-order valence-corrected chi connectivity index (χ1v) is 9.68. The minimum atomic E-state index is -0.0868. The summed E-state index contributed by atoms with van der Waals surface area (Å²) >= 11 is 7.30. The van der Waals surface area contributed by atoms with Crippen molar-refractivity contribution in [3.63, 3.8) is 0 Å². The Labute approximate surface area is 163 Å². The number of halogens is 1. The highest BCUT2D eigenvalue weighted by molar-refractivity contribution is 7.14. The predicted octanol–water partition coefficient (Wildman–Crippen LogP) is 5.94. The van der Waals surface area contributed by atoms with Crippen molar-refractivity contribution in [1.82, 2.24) is 4.98 Å². The van der Waals surface area contributed by atoms with Gasteiger partial charge in [-0.15, -0.1) is 11.3 Å². The topological polar surface area (TPSA) is 42.0 Å². The third-order valence-corrected chi connectivity index (χ3v) is 5.08. The quantitative estimate of drug-likeness (QED) is 0.604. The molecule has 134 valence electrons. The van der Waals surface area contributed by atoms with Gasteiger partial charge in [-0.05, 0) is 28.7 Å². The number of benzene rings is 2. The van der Waals surface area contributed by atoms with Crippen LogP contribution in [-0.4, -0.2) is 10.9 Å². The average molecular weight is 385 g/mol. The van der Waals surface area contributed by atoms with Gasteiger partial charge in [0, 0.05) is 16.0 Å². The lowest BCUT2D eigenvalue weighted by Crippen LogP contribution is -2.14. The molecule has 3 aromatic rings. The van der Waals surface area contributed by atoms with Gasteiger partial charge in [0.25, 0.3) is 0 Å². The molecule has 0 saturated heterocycles. The Hall–Kier alpha value is -2.17. The summed E-state index contributed by atoms with van der Waals surface area (Å²) in [5, 5.41) is 6.10. The van der Waals surface area contributed by atoms with Crippen LogP contribution in [0.1, 0.15) is 31.9 Å². The molecule has 5 heteroatoms. The first-order valence-electron chi connectivity index (χ1n) is 8.42. The van der Waals surface area contributed by atoms with Crippen molar-refractivity contribution < 1.29 is 4.79 Å². The van der Waals surface area contributed by atoms with Crippen LogP contribution in [-0.2, 0) is 16.6 Å². The molecule has 0 radical (unpaired) electrons. The molecule has 0 aliphatic heterocycles. The summed E-state index contributed by atoms with van der Waals surface area (Å²) < 4.78 is 0. The number of hydrogen-bond donors (Lipinski definition) is 1. The number of hydrogen-bond acceptors (Lipinski definition) is 3. The molecule has 0 bridgehead atoms. The minimum Gasteiger partial charge on any atom is -0.302 e. The van der Waals surface area contributed by atoms with Gasteiger partial charge in [-0.25, -0.2) is 4.98 Å². The normalized spacial score (nSPS) is 11.4. The molecule has 26 heavy (non-hydrogen) atoms. The number of thiazole rings is 1. The maximum Gasteiger partial charge on any atom is 0.230 e. The van der Waals surface area contributed by atoms with E-state index in [-0.39, 0.29) is 11.3 Å². The Morgan fingerprint density at radius 1 is 1.08 bits per heavy atom. The molecule has 3 rings (SSSR count). The average Bonchev–Trinajstić information content (AvgIpc) is 3.04. The zero-order valence-corrected chi connectivity index (χ0v) is 16.6. The van der Waals surface area contributed by atoms with Crippen LogP contribution < -0.4 is 5.32 Å². The second kappa shape index (κ2) is 7.60. The predicted molar refractivity (Wildman–Crippen MR) is 110 cm³/mol. The molecule has 3 nitrogen and oxygen atoms in total. The Balaban J connectivity index is 1.66. The van der Waals surface area contributed by atoms with Gasteiger partial charge in [-0.3, -0.25) is 4.79 Å². The van der Waals surface area contributed by atoms with Crippen molar-refractivity contribution in [3.05, 3.63) is 70.1 Å². The fraction of sp³-hybridized carbons (Fsp3) is 0.238. The molecule has 1 N–H and O–H groups in total. The summed E-state index contributed by atoms with van der Waals surface area (Å²) in [4.78, 5) is 16.7. The van der Waals surface area contributed by atoms with Gasteiger partial charge in [0.05, 0.1) is 12.1 Å². The maximum absolute atomic E-state index is 12.2. The van der Waals surface area contributed by atoms with E-state index < -0.39 is 0 Å². The molecule has 0 fully saturated rings. The molecule has 0 atom stereocenters. The Kier molecular flexibility index (Phi) is 5.44. The molecule has 1 heterocycles. The van der Waals surface area contributed by atoms with Crippen LogP contribution in [0.25, 0.3) is 11.3 Å². The summed E-state index contributed by atoms with van der Waals surface area (Å²) in [6.45, 7) is 6.58. The summed E-state index contributed by atoms with van der Waals surface area (Å²) in [6, 6.07) is 15.7. The zero-order valence-electron chi connectivity index (χ0n) is 15.0. The number of carbonyl (C=O) groups excluding carboxylic acids is 1. The van der Waals surface area contributed by atoms with Gasteiger partial charge < -0.3 is 5.32 Å². The van der Waals surface area contributed by atoms with Crippen LogP contribution in [0.15, 0.2) is 53.9 Å². The highest BCUT2D eigenvalue weighted by atomic mass is 35.5. The third kappa shape index (κ3) is 4.71. The Bertz CT molecular complexity index is 893. The second-order valence-corrected chi connectivity index (χ2v) is 8.51. The molecule has 0 aliphatic rings. The van der Waals surface area contributed by atoms with E-state index in [0.29, 0.717) is 16.6 Å². The van der Waals surface area contributed by atoms with E-state index in [9.17, 15) is 4.79 Å². The first-order chi connectivity index (χ1) is 12.3. The van der Waals surface area contributed by atoms with E-state index in [1.54, 1.807) is 12.1 Å². The largest absolute Gasteiger partial charge is 0.302 e. The molecular weight excluding hydrogens is 364 g/mol. The lowest BCUT2D eigenvalue weighted by molar-refractivity contribution is -0.115. The van der Waals surface area contributed by atoms with Crippen molar-refractivity contribution in [2.75, 3.05) is 5.32 Å². The number of rotatable bonds is 4. The fourth-order valence-electron chi connectivity index (χ4n) is 2.56. The number of nitrogens with zero attached hydrogens (tertiary/aromatic N) is 1. The smallest absolute Gasteiger partial charge is 0.230 e. The summed E-state index contributed by atoms with van der Waals surface area (Å²) in [6.07, 6.45) is 0.298. The molecule has 1 aromatic heterocycles.